The monoisotopic (exact) mass is 371 g/mol. The third-order valence-corrected chi connectivity index (χ3v) is 3.67. The summed E-state index contributed by atoms with van der Waals surface area (Å²) in [5.74, 6) is -2.46. The number of carbonyl (C=O) groups is 2. The van der Waals surface area contributed by atoms with Crippen LogP contribution in [-0.4, -0.2) is 42.4 Å². The minimum atomic E-state index is -1.23. The number of ether oxygens (including phenoxy) is 2. The third kappa shape index (κ3) is 3.06. The van der Waals surface area contributed by atoms with Crippen LogP contribution in [0.4, 0.5) is 0 Å². The van der Waals surface area contributed by atoms with Gasteiger partial charge in [0.15, 0.2) is 6.10 Å². The highest BCUT2D eigenvalue weighted by Crippen LogP contribution is 2.31. The van der Waals surface area contributed by atoms with Gasteiger partial charge in [-0.05, 0) is 24.6 Å². The van der Waals surface area contributed by atoms with Gasteiger partial charge in [-0.3, -0.25) is 10.0 Å². The maximum absolute atomic E-state index is 12.0. The van der Waals surface area contributed by atoms with E-state index in [0.29, 0.717) is 5.56 Å². The Bertz CT molecular complexity index is 612. The molecule has 0 unspecified atom stereocenters. The SMILES string of the molecule is CCOC(=O)[C@@H]1O[N+]([O-])=C(C(=O)OC)[C@H]1c1ccc(Br)cc1. The van der Waals surface area contributed by atoms with Crippen molar-refractivity contribution in [2.24, 2.45) is 0 Å². The maximum Gasteiger partial charge on any atom is 0.405 e. The molecule has 0 aliphatic carbocycles. The Labute approximate surface area is 135 Å². The Balaban J connectivity index is 2.45. The topological polar surface area (TPSA) is 87.9 Å². The number of hydrogen-bond donors (Lipinski definition) is 0. The summed E-state index contributed by atoms with van der Waals surface area (Å²) in [6, 6.07) is 6.85. The lowest BCUT2D eigenvalue weighted by molar-refractivity contribution is -0.736. The van der Waals surface area contributed by atoms with Crippen LogP contribution in [0, 0.1) is 5.21 Å². The van der Waals surface area contributed by atoms with Crippen LogP contribution in [0.15, 0.2) is 28.7 Å². The lowest BCUT2D eigenvalue weighted by Crippen LogP contribution is -2.34. The molecule has 0 saturated carbocycles. The molecule has 22 heavy (non-hydrogen) atoms. The molecule has 0 spiro atoms. The number of rotatable bonds is 4. The average Bonchev–Trinajstić information content (AvgIpc) is 2.85. The third-order valence-electron chi connectivity index (χ3n) is 3.15. The van der Waals surface area contributed by atoms with Crippen molar-refractivity contribution in [2.75, 3.05) is 13.7 Å². The summed E-state index contributed by atoms with van der Waals surface area (Å²) in [6.07, 6.45) is -1.23. The van der Waals surface area contributed by atoms with Crippen LogP contribution >= 0.6 is 15.9 Å². The standard InChI is InChI=1S/C14H14BrNO6/c1-3-21-14(18)12-10(8-4-6-9(15)7-5-8)11(13(17)20-2)16(19)22-12/h4-7,10,12H,3H2,1-2H3/t10-,12-/m1/s1. The van der Waals surface area contributed by atoms with E-state index in [0.717, 1.165) is 11.6 Å². The van der Waals surface area contributed by atoms with E-state index in [1.165, 1.54) is 0 Å². The highest BCUT2D eigenvalue weighted by Gasteiger charge is 2.50. The van der Waals surface area contributed by atoms with Crippen LogP contribution in [0.2, 0.25) is 0 Å². The van der Waals surface area contributed by atoms with E-state index in [-0.39, 0.29) is 17.2 Å². The Kier molecular flexibility index (Phi) is 5.02. The lowest BCUT2D eigenvalue weighted by Gasteiger charge is -2.17. The molecule has 8 heteroatoms. The van der Waals surface area contributed by atoms with Crippen molar-refractivity contribution in [3.05, 3.63) is 39.5 Å². The van der Waals surface area contributed by atoms with Gasteiger partial charge in [0.25, 0.3) is 0 Å². The molecule has 0 N–H and O–H groups in total. The first-order valence-electron chi connectivity index (χ1n) is 6.50. The second-order valence-corrected chi connectivity index (χ2v) is 5.36. The molecule has 0 fully saturated rings. The number of methoxy groups -OCH3 is 1. The van der Waals surface area contributed by atoms with Gasteiger partial charge < -0.3 is 14.3 Å². The van der Waals surface area contributed by atoms with Gasteiger partial charge >= 0.3 is 17.7 Å². The van der Waals surface area contributed by atoms with E-state index in [9.17, 15) is 14.8 Å². The van der Waals surface area contributed by atoms with Crippen LogP contribution in [0.3, 0.4) is 0 Å². The maximum atomic E-state index is 12.0. The zero-order chi connectivity index (χ0) is 16.3. The van der Waals surface area contributed by atoms with Gasteiger partial charge in [-0.25, -0.2) is 4.79 Å². The molecular formula is C14H14BrNO6. The molecule has 0 radical (unpaired) electrons. The van der Waals surface area contributed by atoms with Crippen LogP contribution < -0.4 is 0 Å². The molecule has 0 bridgehead atoms. The van der Waals surface area contributed by atoms with E-state index < -0.39 is 24.0 Å². The summed E-state index contributed by atoms with van der Waals surface area (Å²) < 4.78 is 10.3. The van der Waals surface area contributed by atoms with Crippen molar-refractivity contribution in [2.45, 2.75) is 18.9 Å². The molecule has 118 valence electrons. The smallest absolute Gasteiger partial charge is 0.405 e. The molecule has 0 amide bonds. The molecule has 0 saturated heterocycles. The number of halogens is 1. The molecule has 1 aliphatic rings. The van der Waals surface area contributed by atoms with E-state index in [4.69, 9.17) is 9.57 Å². The van der Waals surface area contributed by atoms with Gasteiger partial charge in [0.1, 0.15) is 5.92 Å². The fourth-order valence-corrected chi connectivity index (χ4v) is 2.45. The first-order chi connectivity index (χ1) is 10.5. The van der Waals surface area contributed by atoms with Crippen molar-refractivity contribution in [3.63, 3.8) is 0 Å². The van der Waals surface area contributed by atoms with Crippen molar-refractivity contribution in [1.29, 1.82) is 0 Å². The molecule has 1 aromatic rings. The number of hydrogen-bond acceptors (Lipinski definition) is 6. The largest absolute Gasteiger partial charge is 0.465 e. The minimum Gasteiger partial charge on any atom is -0.465 e. The van der Waals surface area contributed by atoms with Gasteiger partial charge in [-0.2, -0.15) is 0 Å². The zero-order valence-corrected chi connectivity index (χ0v) is 13.5. The van der Waals surface area contributed by atoms with Crippen molar-refractivity contribution >= 4 is 33.6 Å². The number of carbonyl (C=O) groups excluding carboxylic acids is 2. The highest BCUT2D eigenvalue weighted by atomic mass is 79.9. The van der Waals surface area contributed by atoms with E-state index in [1.807, 2.05) is 0 Å². The second kappa shape index (κ2) is 6.78. The molecule has 0 aromatic heterocycles. The second-order valence-electron chi connectivity index (χ2n) is 4.44. The van der Waals surface area contributed by atoms with Gasteiger partial charge in [0, 0.05) is 4.47 Å². The van der Waals surface area contributed by atoms with Crippen LogP contribution in [-0.2, 0) is 23.9 Å². The Morgan fingerprint density at radius 2 is 2.00 bits per heavy atom. The molecule has 7 nitrogen and oxygen atoms in total. The minimum absolute atomic E-state index is 0.0279. The lowest BCUT2D eigenvalue weighted by atomic mass is 9.89. The van der Waals surface area contributed by atoms with Crippen molar-refractivity contribution in [1.82, 2.24) is 0 Å². The summed E-state index contributed by atoms with van der Waals surface area (Å²) in [7, 11) is 1.15. The van der Waals surface area contributed by atoms with Crippen LogP contribution in [0.25, 0.3) is 0 Å². The van der Waals surface area contributed by atoms with E-state index >= 15 is 0 Å². The predicted octanol–water partition coefficient (Wildman–Crippen LogP) is 1.53. The summed E-state index contributed by atoms with van der Waals surface area (Å²) >= 11 is 3.30. The number of nitrogens with zero attached hydrogens (tertiary/aromatic N) is 1. The molecule has 1 heterocycles. The summed E-state index contributed by atoms with van der Waals surface area (Å²) in [6.45, 7) is 1.78. The first kappa shape index (κ1) is 16.3. The normalized spacial score (nSPS) is 20.5. The van der Waals surface area contributed by atoms with E-state index in [1.54, 1.807) is 31.2 Å². The zero-order valence-electron chi connectivity index (χ0n) is 11.9. The molecule has 1 aromatic carbocycles. The fourth-order valence-electron chi connectivity index (χ4n) is 2.19. The van der Waals surface area contributed by atoms with Gasteiger partial charge in [-0.15, -0.1) is 0 Å². The molecule has 2 rings (SSSR count). The van der Waals surface area contributed by atoms with Crippen molar-refractivity contribution < 1.29 is 28.8 Å². The average molecular weight is 372 g/mol. The predicted molar refractivity (Wildman–Crippen MR) is 79.0 cm³/mol. The highest BCUT2D eigenvalue weighted by molar-refractivity contribution is 9.10. The summed E-state index contributed by atoms with van der Waals surface area (Å²) in [4.78, 5) is 28.9. The van der Waals surface area contributed by atoms with Crippen molar-refractivity contribution in [3.8, 4) is 0 Å². The van der Waals surface area contributed by atoms with Gasteiger partial charge in [0.05, 0.1) is 18.6 Å². The molecular weight excluding hydrogens is 358 g/mol. The van der Waals surface area contributed by atoms with Crippen LogP contribution in [0.1, 0.15) is 18.4 Å². The molecule has 1 aliphatic heterocycles. The Hall–Kier alpha value is -2.09. The number of benzene rings is 1. The Morgan fingerprint density at radius 1 is 1.36 bits per heavy atom. The Morgan fingerprint density at radius 3 is 2.55 bits per heavy atom. The quantitative estimate of drug-likeness (QED) is 0.589. The van der Waals surface area contributed by atoms with Gasteiger partial charge in [0.2, 0.25) is 0 Å². The van der Waals surface area contributed by atoms with Gasteiger partial charge in [-0.1, -0.05) is 28.1 Å². The molecule has 2 atom stereocenters. The summed E-state index contributed by atoms with van der Waals surface area (Å²) in [5, 5.41) is 11.9. The van der Waals surface area contributed by atoms with Crippen LogP contribution in [0.5, 0.6) is 0 Å². The first-order valence-corrected chi connectivity index (χ1v) is 7.30. The number of esters is 2. The fraction of sp³-hybridized carbons (Fsp3) is 0.357. The van der Waals surface area contributed by atoms with E-state index in [2.05, 4.69) is 20.7 Å². The summed E-state index contributed by atoms with van der Waals surface area (Å²) in [5.41, 5.74) is 0.280.